The minimum absolute atomic E-state index is 0.0583. The van der Waals surface area contributed by atoms with Gasteiger partial charge in [-0.1, -0.05) is 0 Å². The van der Waals surface area contributed by atoms with Crippen LogP contribution in [0.1, 0.15) is 23.4 Å². The van der Waals surface area contributed by atoms with Gasteiger partial charge < -0.3 is 19.9 Å². The van der Waals surface area contributed by atoms with E-state index in [1.54, 1.807) is 4.57 Å². The van der Waals surface area contributed by atoms with Crippen molar-refractivity contribution >= 4 is 17.0 Å². The Morgan fingerprint density at radius 3 is 2.40 bits per heavy atom. The molecule has 25 heavy (non-hydrogen) atoms. The highest BCUT2D eigenvalue weighted by Crippen LogP contribution is 2.26. The lowest BCUT2D eigenvalue weighted by atomic mass is 10.3. The van der Waals surface area contributed by atoms with Crippen LogP contribution < -0.4 is 10.6 Å². The number of fused-ring (bicyclic) bond motifs is 1. The number of ether oxygens (including phenoxy) is 1. The van der Waals surface area contributed by atoms with Gasteiger partial charge in [0.05, 0.1) is 19.8 Å². The van der Waals surface area contributed by atoms with Crippen molar-refractivity contribution in [2.24, 2.45) is 0 Å². The molecular formula is C16H17N8O+. The molecular weight excluding hydrogens is 320 g/mol. The monoisotopic (exact) mass is 337 g/mol. The summed E-state index contributed by atoms with van der Waals surface area (Å²) in [7, 11) is 0. The van der Waals surface area contributed by atoms with Crippen molar-refractivity contribution in [1.29, 1.82) is 15.8 Å². The Hall–Kier alpha value is -3.19. The number of nitrogens with two attached hydrogens (primary N) is 1. The Balaban J connectivity index is 1.91. The molecule has 3 heterocycles. The molecule has 0 atom stereocenters. The third-order valence-electron chi connectivity index (χ3n) is 4.35. The number of aromatic nitrogens is 3. The van der Waals surface area contributed by atoms with Crippen molar-refractivity contribution in [2.45, 2.75) is 13.0 Å². The van der Waals surface area contributed by atoms with Gasteiger partial charge >= 0.3 is 0 Å². The molecule has 2 aromatic rings. The lowest BCUT2D eigenvalue weighted by molar-refractivity contribution is -0.908. The van der Waals surface area contributed by atoms with Crippen LogP contribution in [0.25, 0.3) is 11.2 Å². The second kappa shape index (κ2) is 7.14. The first-order valence-electron chi connectivity index (χ1n) is 8.01. The Morgan fingerprint density at radius 2 is 1.76 bits per heavy atom. The average Bonchev–Trinajstić information content (AvgIpc) is 2.91. The van der Waals surface area contributed by atoms with E-state index in [2.05, 4.69) is 9.97 Å². The Labute approximate surface area is 144 Å². The summed E-state index contributed by atoms with van der Waals surface area (Å²) in [6.07, 6.45) is 0.845. The predicted molar refractivity (Wildman–Crippen MR) is 87.1 cm³/mol. The number of anilines is 1. The second-order valence-electron chi connectivity index (χ2n) is 5.81. The van der Waals surface area contributed by atoms with Gasteiger partial charge in [-0.3, -0.25) is 0 Å². The van der Waals surface area contributed by atoms with E-state index in [0.29, 0.717) is 12.2 Å². The van der Waals surface area contributed by atoms with Gasteiger partial charge in [0.1, 0.15) is 48.2 Å². The van der Waals surface area contributed by atoms with E-state index < -0.39 is 0 Å². The summed E-state index contributed by atoms with van der Waals surface area (Å²) in [5, 5.41) is 27.6. The second-order valence-corrected chi connectivity index (χ2v) is 5.81. The molecule has 1 fully saturated rings. The number of nitrogens with zero attached hydrogens (tertiary/aromatic N) is 6. The van der Waals surface area contributed by atoms with E-state index in [-0.39, 0.29) is 28.3 Å². The highest BCUT2D eigenvalue weighted by molar-refractivity contribution is 5.86. The molecule has 0 aromatic carbocycles. The quantitative estimate of drug-likeness (QED) is 0.723. The highest BCUT2D eigenvalue weighted by atomic mass is 16.5. The first kappa shape index (κ1) is 16.7. The third-order valence-corrected chi connectivity index (χ3v) is 4.35. The molecule has 9 nitrogen and oxygen atoms in total. The molecule has 0 aliphatic carbocycles. The smallest absolute Gasteiger partial charge is 0.179 e. The fourth-order valence-corrected chi connectivity index (χ4v) is 3.04. The number of morpholine rings is 1. The van der Waals surface area contributed by atoms with Crippen LogP contribution in [0.5, 0.6) is 0 Å². The lowest BCUT2D eigenvalue weighted by Crippen LogP contribution is -3.14. The Kier molecular flexibility index (Phi) is 4.76. The normalized spacial score (nSPS) is 14.8. The molecule has 0 bridgehead atoms. The Bertz CT molecular complexity index is 921. The predicted octanol–water partition coefficient (Wildman–Crippen LogP) is -1.07. The van der Waals surface area contributed by atoms with Gasteiger partial charge in [0.15, 0.2) is 17.0 Å². The van der Waals surface area contributed by atoms with E-state index >= 15 is 0 Å². The van der Waals surface area contributed by atoms with Crippen LogP contribution in [-0.2, 0) is 11.3 Å². The first-order chi connectivity index (χ1) is 12.2. The fraction of sp³-hybridized carbons (Fsp3) is 0.438. The number of hydrogen-bond donors (Lipinski definition) is 2. The van der Waals surface area contributed by atoms with Gasteiger partial charge in [0.2, 0.25) is 0 Å². The maximum Gasteiger partial charge on any atom is 0.179 e. The summed E-state index contributed by atoms with van der Waals surface area (Å²) >= 11 is 0. The van der Waals surface area contributed by atoms with Crippen molar-refractivity contribution in [1.82, 2.24) is 14.5 Å². The van der Waals surface area contributed by atoms with E-state index in [0.717, 1.165) is 39.3 Å². The van der Waals surface area contributed by atoms with Crippen molar-refractivity contribution < 1.29 is 9.64 Å². The molecule has 2 aromatic heterocycles. The van der Waals surface area contributed by atoms with Crippen molar-refractivity contribution in [3.05, 3.63) is 17.0 Å². The molecule has 3 N–H and O–H groups in total. The van der Waals surface area contributed by atoms with Gasteiger partial charge in [0.25, 0.3) is 0 Å². The molecule has 0 spiro atoms. The maximum absolute atomic E-state index is 9.37. The summed E-state index contributed by atoms with van der Waals surface area (Å²) in [5.74, 6) is 0.272. The molecule has 0 radical (unpaired) electrons. The van der Waals surface area contributed by atoms with Crippen LogP contribution in [0.3, 0.4) is 0 Å². The van der Waals surface area contributed by atoms with E-state index in [1.807, 2.05) is 18.2 Å². The van der Waals surface area contributed by atoms with Crippen LogP contribution in [-0.4, -0.2) is 47.4 Å². The number of hydrogen-bond acceptors (Lipinski definition) is 7. The van der Waals surface area contributed by atoms with Crippen LogP contribution in [0.4, 0.5) is 5.82 Å². The molecule has 1 aliphatic rings. The summed E-state index contributed by atoms with van der Waals surface area (Å²) in [4.78, 5) is 9.81. The summed E-state index contributed by atoms with van der Waals surface area (Å²) in [6, 6.07) is 5.73. The first-order valence-corrected chi connectivity index (χ1v) is 8.01. The largest absolute Gasteiger partial charge is 0.384 e. The number of quaternary nitrogens is 1. The number of nitriles is 3. The third kappa shape index (κ3) is 3.09. The van der Waals surface area contributed by atoms with E-state index in [9.17, 15) is 5.26 Å². The lowest BCUT2D eigenvalue weighted by Gasteiger charge is -2.23. The molecule has 9 heteroatoms. The summed E-state index contributed by atoms with van der Waals surface area (Å²) in [6.45, 7) is 5.04. The van der Waals surface area contributed by atoms with Crippen LogP contribution in [0.15, 0.2) is 0 Å². The Morgan fingerprint density at radius 1 is 1.08 bits per heavy atom. The minimum Gasteiger partial charge on any atom is -0.384 e. The van der Waals surface area contributed by atoms with Gasteiger partial charge in [-0.05, 0) is 0 Å². The van der Waals surface area contributed by atoms with Crippen molar-refractivity contribution in [2.75, 3.05) is 38.6 Å². The number of rotatable bonds is 4. The van der Waals surface area contributed by atoms with Crippen LogP contribution in [0, 0.1) is 34.0 Å². The van der Waals surface area contributed by atoms with E-state index in [4.69, 9.17) is 21.0 Å². The van der Waals surface area contributed by atoms with Crippen LogP contribution in [0.2, 0.25) is 0 Å². The van der Waals surface area contributed by atoms with Crippen molar-refractivity contribution in [3.8, 4) is 18.2 Å². The van der Waals surface area contributed by atoms with Gasteiger partial charge in [-0.2, -0.15) is 15.8 Å². The molecule has 1 saturated heterocycles. The average molecular weight is 337 g/mol. The zero-order valence-corrected chi connectivity index (χ0v) is 13.6. The highest BCUT2D eigenvalue weighted by Gasteiger charge is 2.21. The fourth-order valence-electron chi connectivity index (χ4n) is 3.04. The van der Waals surface area contributed by atoms with Gasteiger partial charge in [0, 0.05) is 13.0 Å². The summed E-state index contributed by atoms with van der Waals surface area (Å²) < 4.78 is 7.06. The zero-order valence-electron chi connectivity index (χ0n) is 13.6. The number of nitrogen functional groups attached to an aromatic ring is 1. The van der Waals surface area contributed by atoms with Gasteiger partial charge in [-0.15, -0.1) is 0 Å². The molecule has 1 aliphatic heterocycles. The molecule has 0 saturated carbocycles. The molecule has 0 unspecified atom stereocenters. The number of aryl methyl sites for hydroxylation is 1. The summed E-state index contributed by atoms with van der Waals surface area (Å²) in [5.41, 5.74) is 6.79. The molecule has 126 valence electrons. The zero-order chi connectivity index (χ0) is 17.8. The van der Waals surface area contributed by atoms with E-state index in [1.165, 1.54) is 4.90 Å². The van der Waals surface area contributed by atoms with Crippen LogP contribution >= 0.6 is 0 Å². The molecule has 3 rings (SSSR count). The van der Waals surface area contributed by atoms with Crippen molar-refractivity contribution in [3.63, 3.8) is 0 Å². The standard InChI is InChI=1S/C16H16N8O/c17-8-11-14-16(22-13(10-19)12(9-18)21-14)24(15(11)20)3-1-2-23-4-6-25-7-5-23/h1-7,20H2/p+1. The minimum atomic E-state index is -0.0959. The topological polar surface area (TPSA) is 142 Å². The molecule has 0 amide bonds. The SMILES string of the molecule is N#Cc1nc2c(C#N)c(N)n(CCC[NH+]3CCOCC3)c2nc1C#N. The maximum atomic E-state index is 9.37. The van der Waals surface area contributed by atoms with Gasteiger partial charge in [-0.25, -0.2) is 9.97 Å². The number of nitrogens with one attached hydrogen (secondary N) is 1.